The molecule has 0 spiro atoms. The molecule has 0 saturated carbocycles. The molecule has 21 heavy (non-hydrogen) atoms. The van der Waals surface area contributed by atoms with E-state index < -0.39 is 24.1 Å². The summed E-state index contributed by atoms with van der Waals surface area (Å²) in [6, 6.07) is 4.99. The summed E-state index contributed by atoms with van der Waals surface area (Å²) in [6.07, 6.45) is -4.25. The van der Waals surface area contributed by atoms with Crippen LogP contribution in [0.1, 0.15) is 24.3 Å². The number of fused-ring (bicyclic) bond motifs is 1. The first-order chi connectivity index (χ1) is 9.80. The Labute approximate surface area is 121 Å². The quantitative estimate of drug-likeness (QED) is 0.866. The highest BCUT2D eigenvalue weighted by molar-refractivity contribution is 5.44. The maximum atomic E-state index is 13.0. The zero-order valence-corrected chi connectivity index (χ0v) is 11.6. The number of ether oxygens (including phenoxy) is 2. The molecule has 2 rings (SSSR count). The van der Waals surface area contributed by atoms with Crippen molar-refractivity contribution >= 4 is 0 Å². The standard InChI is InChI=1S/C15H17F3O3/c1-3-14(19,15(16,17)18)9-10-6-7-21-13-8-11(20-2)4-5-12(10)13/h3-5,8,10,19H,1,6-7,9H2,2H3. The van der Waals surface area contributed by atoms with Gasteiger partial charge in [-0.3, -0.25) is 0 Å². The van der Waals surface area contributed by atoms with Crippen LogP contribution in [0.5, 0.6) is 11.5 Å². The molecule has 2 unspecified atom stereocenters. The first-order valence-corrected chi connectivity index (χ1v) is 6.54. The molecule has 1 aromatic rings. The zero-order chi connectivity index (χ0) is 15.7. The van der Waals surface area contributed by atoms with Crippen molar-refractivity contribution in [3.05, 3.63) is 36.4 Å². The second-order valence-corrected chi connectivity index (χ2v) is 5.07. The molecule has 1 aromatic carbocycles. The molecule has 116 valence electrons. The Hall–Kier alpha value is -1.69. The monoisotopic (exact) mass is 302 g/mol. The van der Waals surface area contributed by atoms with Crippen molar-refractivity contribution in [3.8, 4) is 11.5 Å². The molecule has 6 heteroatoms. The number of halogens is 3. The van der Waals surface area contributed by atoms with Crippen molar-refractivity contribution in [2.45, 2.75) is 30.5 Å². The molecule has 2 atom stereocenters. The number of aliphatic hydroxyl groups is 1. The summed E-state index contributed by atoms with van der Waals surface area (Å²) in [6.45, 7) is 3.43. The highest BCUT2D eigenvalue weighted by Crippen LogP contribution is 2.44. The van der Waals surface area contributed by atoms with Crippen molar-refractivity contribution in [1.82, 2.24) is 0 Å². The van der Waals surface area contributed by atoms with E-state index in [1.807, 2.05) is 0 Å². The van der Waals surface area contributed by atoms with Crippen LogP contribution in [0.25, 0.3) is 0 Å². The zero-order valence-electron chi connectivity index (χ0n) is 11.6. The third kappa shape index (κ3) is 3.00. The van der Waals surface area contributed by atoms with Gasteiger partial charge in [-0.1, -0.05) is 18.7 Å². The largest absolute Gasteiger partial charge is 0.497 e. The average Bonchev–Trinajstić information content (AvgIpc) is 2.45. The maximum Gasteiger partial charge on any atom is 0.420 e. The van der Waals surface area contributed by atoms with Crippen LogP contribution in [0.15, 0.2) is 30.9 Å². The fraction of sp³-hybridized carbons (Fsp3) is 0.467. The number of hydrogen-bond acceptors (Lipinski definition) is 3. The highest BCUT2D eigenvalue weighted by Gasteiger charge is 2.52. The molecule has 1 aliphatic rings. The summed E-state index contributed by atoms with van der Waals surface area (Å²) in [5.74, 6) is 0.618. The van der Waals surface area contributed by atoms with Gasteiger partial charge in [-0.05, 0) is 30.4 Å². The molecule has 1 aliphatic heterocycles. The molecule has 0 radical (unpaired) electrons. The van der Waals surface area contributed by atoms with Crippen LogP contribution in [0.3, 0.4) is 0 Å². The van der Waals surface area contributed by atoms with Gasteiger partial charge in [0.2, 0.25) is 0 Å². The van der Waals surface area contributed by atoms with Crippen molar-refractivity contribution in [3.63, 3.8) is 0 Å². The van der Waals surface area contributed by atoms with Gasteiger partial charge in [0.1, 0.15) is 11.5 Å². The van der Waals surface area contributed by atoms with Crippen molar-refractivity contribution in [2.24, 2.45) is 0 Å². The Bertz CT molecular complexity index is 527. The lowest BCUT2D eigenvalue weighted by Crippen LogP contribution is -2.44. The van der Waals surface area contributed by atoms with Gasteiger partial charge < -0.3 is 14.6 Å². The molecular formula is C15H17F3O3. The van der Waals surface area contributed by atoms with E-state index in [0.29, 0.717) is 36.2 Å². The topological polar surface area (TPSA) is 38.7 Å². The molecule has 1 N–H and O–H groups in total. The van der Waals surface area contributed by atoms with Gasteiger partial charge in [0, 0.05) is 6.07 Å². The minimum absolute atomic E-state index is 0.302. The Morgan fingerprint density at radius 3 is 2.76 bits per heavy atom. The summed E-state index contributed by atoms with van der Waals surface area (Å²) in [5.41, 5.74) is -2.25. The van der Waals surface area contributed by atoms with Gasteiger partial charge >= 0.3 is 6.18 Å². The van der Waals surface area contributed by atoms with Crippen LogP contribution in [-0.2, 0) is 0 Å². The molecule has 0 fully saturated rings. The lowest BCUT2D eigenvalue weighted by molar-refractivity contribution is -0.243. The van der Waals surface area contributed by atoms with Crippen molar-refractivity contribution in [1.29, 1.82) is 0 Å². The molecule has 0 amide bonds. The van der Waals surface area contributed by atoms with E-state index in [2.05, 4.69) is 6.58 Å². The van der Waals surface area contributed by atoms with Crippen LogP contribution >= 0.6 is 0 Å². The van der Waals surface area contributed by atoms with Gasteiger partial charge in [-0.25, -0.2) is 0 Å². The van der Waals surface area contributed by atoms with E-state index >= 15 is 0 Å². The fourth-order valence-electron chi connectivity index (χ4n) is 2.47. The van der Waals surface area contributed by atoms with Gasteiger partial charge in [0.15, 0.2) is 5.60 Å². The Morgan fingerprint density at radius 1 is 1.48 bits per heavy atom. The van der Waals surface area contributed by atoms with Crippen LogP contribution in [0.4, 0.5) is 13.2 Å². The fourth-order valence-corrected chi connectivity index (χ4v) is 2.47. The maximum absolute atomic E-state index is 13.0. The Balaban J connectivity index is 2.30. The SMILES string of the molecule is C=CC(O)(CC1CCOc2cc(OC)ccc21)C(F)(F)F. The lowest BCUT2D eigenvalue weighted by Gasteiger charge is -2.34. The summed E-state index contributed by atoms with van der Waals surface area (Å²) in [7, 11) is 1.50. The third-order valence-electron chi connectivity index (χ3n) is 3.77. The van der Waals surface area contributed by atoms with Crippen LogP contribution < -0.4 is 9.47 Å². The van der Waals surface area contributed by atoms with Crippen molar-refractivity contribution in [2.75, 3.05) is 13.7 Å². The number of hydrogen-bond donors (Lipinski definition) is 1. The normalized spacial score (nSPS) is 20.9. The van der Waals surface area contributed by atoms with E-state index in [9.17, 15) is 18.3 Å². The van der Waals surface area contributed by atoms with E-state index in [1.165, 1.54) is 7.11 Å². The second kappa shape index (κ2) is 5.60. The van der Waals surface area contributed by atoms with Gasteiger partial charge in [-0.15, -0.1) is 0 Å². The summed E-state index contributed by atoms with van der Waals surface area (Å²) < 4.78 is 49.5. The minimum Gasteiger partial charge on any atom is -0.497 e. The van der Waals surface area contributed by atoms with E-state index in [0.717, 1.165) is 0 Å². The average molecular weight is 302 g/mol. The highest BCUT2D eigenvalue weighted by atomic mass is 19.4. The first kappa shape index (κ1) is 15.7. The van der Waals surface area contributed by atoms with E-state index in [-0.39, 0.29) is 0 Å². The number of methoxy groups -OCH3 is 1. The molecule has 0 aliphatic carbocycles. The molecule has 3 nitrogen and oxygen atoms in total. The minimum atomic E-state index is -4.75. The summed E-state index contributed by atoms with van der Waals surface area (Å²) in [5, 5.41) is 9.83. The van der Waals surface area contributed by atoms with Crippen LogP contribution in [0, 0.1) is 0 Å². The first-order valence-electron chi connectivity index (χ1n) is 6.54. The molecule has 0 aromatic heterocycles. The Morgan fingerprint density at radius 2 is 2.19 bits per heavy atom. The predicted octanol–water partition coefficient (Wildman–Crippen LogP) is 3.43. The number of alkyl halides is 3. The molecule has 1 heterocycles. The number of benzene rings is 1. The number of rotatable bonds is 4. The Kier molecular flexibility index (Phi) is 4.18. The second-order valence-electron chi connectivity index (χ2n) is 5.07. The van der Waals surface area contributed by atoms with Gasteiger partial charge in [0.25, 0.3) is 0 Å². The summed E-state index contributed by atoms with van der Waals surface area (Å²) >= 11 is 0. The molecule has 0 saturated heterocycles. The third-order valence-corrected chi connectivity index (χ3v) is 3.77. The summed E-state index contributed by atoms with van der Waals surface area (Å²) in [4.78, 5) is 0. The predicted molar refractivity (Wildman–Crippen MR) is 71.7 cm³/mol. The van der Waals surface area contributed by atoms with Crippen LogP contribution in [0.2, 0.25) is 0 Å². The lowest BCUT2D eigenvalue weighted by atomic mass is 9.82. The van der Waals surface area contributed by atoms with Gasteiger partial charge in [0.05, 0.1) is 13.7 Å². The molecule has 0 bridgehead atoms. The van der Waals surface area contributed by atoms with E-state index in [4.69, 9.17) is 9.47 Å². The van der Waals surface area contributed by atoms with Crippen molar-refractivity contribution < 1.29 is 27.8 Å². The van der Waals surface area contributed by atoms with E-state index in [1.54, 1.807) is 18.2 Å². The smallest absolute Gasteiger partial charge is 0.420 e. The van der Waals surface area contributed by atoms with Crippen LogP contribution in [-0.4, -0.2) is 30.6 Å². The van der Waals surface area contributed by atoms with Gasteiger partial charge in [-0.2, -0.15) is 13.2 Å². The molecular weight excluding hydrogens is 285 g/mol.